The molecule has 2 heterocycles. The van der Waals surface area contributed by atoms with Gasteiger partial charge in [0.05, 0.1) is 41.7 Å². The lowest BCUT2D eigenvalue weighted by Crippen LogP contribution is -2.40. The van der Waals surface area contributed by atoms with Crippen LogP contribution < -0.4 is 24.4 Å². The summed E-state index contributed by atoms with van der Waals surface area (Å²) in [6, 6.07) is 10.5. The van der Waals surface area contributed by atoms with Crippen LogP contribution in [-0.4, -0.2) is 30.4 Å². The molecule has 0 radical (unpaired) electrons. The van der Waals surface area contributed by atoms with Crippen LogP contribution in [0.3, 0.4) is 0 Å². The summed E-state index contributed by atoms with van der Waals surface area (Å²) in [5.41, 5.74) is 1.78. The fraction of sp³-hybridized carbons (Fsp3) is 0.296. The minimum atomic E-state index is -0.773. The van der Waals surface area contributed by atoms with Gasteiger partial charge >= 0.3 is 5.97 Å². The molecule has 2 aromatic carbocycles. The first-order chi connectivity index (χ1) is 17.4. The van der Waals surface area contributed by atoms with Gasteiger partial charge in [-0.05, 0) is 69.2 Å². The molecular formula is C27H27FN2O5S. The Morgan fingerprint density at radius 3 is 2.42 bits per heavy atom. The molecule has 0 bridgehead atoms. The van der Waals surface area contributed by atoms with E-state index in [4.69, 9.17) is 14.2 Å². The van der Waals surface area contributed by atoms with Crippen molar-refractivity contribution >= 4 is 23.4 Å². The molecule has 3 aromatic rings. The van der Waals surface area contributed by atoms with E-state index in [0.29, 0.717) is 50.9 Å². The number of allylic oxidation sites excluding steroid dienone is 1. The second-order valence-corrected chi connectivity index (χ2v) is 8.94. The molecule has 188 valence electrons. The number of esters is 1. The molecule has 0 unspecified atom stereocenters. The van der Waals surface area contributed by atoms with Gasteiger partial charge in [0.15, 0.2) is 16.3 Å². The van der Waals surface area contributed by atoms with Crippen LogP contribution in [0.2, 0.25) is 0 Å². The lowest BCUT2D eigenvalue weighted by Gasteiger charge is -2.25. The summed E-state index contributed by atoms with van der Waals surface area (Å²) in [6.07, 6.45) is 1.69. The first kappa shape index (κ1) is 25.4. The standard InChI is InChI=1S/C27H27FN2O5S/c1-5-33-20-13-10-18(15-21(20)34-6-2)24-23(26(32)35-7-3)16(4)29-27-30(24)25(31)22(36-27)14-17-8-11-19(28)12-9-17/h8-15,24H,5-7H2,1-4H3/b22-14-/t24-/m1/s1. The number of nitrogens with zero attached hydrogens (tertiary/aromatic N) is 2. The first-order valence-corrected chi connectivity index (χ1v) is 12.5. The third-order valence-corrected chi connectivity index (χ3v) is 6.55. The summed E-state index contributed by atoms with van der Waals surface area (Å²) in [6.45, 7) is 8.28. The number of ether oxygens (including phenoxy) is 3. The Balaban J connectivity index is 1.94. The SMILES string of the molecule is CCOC(=O)C1=C(C)N=c2s/c(=C\c3ccc(F)cc3)c(=O)n2[C@@H]1c1ccc(OCC)c(OCC)c1. The fourth-order valence-corrected chi connectivity index (χ4v) is 5.10. The van der Waals surface area contributed by atoms with Gasteiger partial charge in [-0.3, -0.25) is 9.36 Å². The van der Waals surface area contributed by atoms with Crippen molar-refractivity contribution in [2.24, 2.45) is 4.99 Å². The van der Waals surface area contributed by atoms with Crippen LogP contribution in [0.4, 0.5) is 4.39 Å². The third kappa shape index (κ3) is 4.97. The number of aromatic nitrogens is 1. The van der Waals surface area contributed by atoms with E-state index >= 15 is 0 Å². The van der Waals surface area contributed by atoms with E-state index in [-0.39, 0.29) is 23.6 Å². The van der Waals surface area contributed by atoms with Gasteiger partial charge in [0.2, 0.25) is 0 Å². The number of thiazole rings is 1. The van der Waals surface area contributed by atoms with Crippen molar-refractivity contribution in [3.63, 3.8) is 0 Å². The lowest BCUT2D eigenvalue weighted by molar-refractivity contribution is -0.139. The maximum absolute atomic E-state index is 13.7. The minimum absolute atomic E-state index is 0.185. The summed E-state index contributed by atoms with van der Waals surface area (Å²) in [5.74, 6) is 0.195. The van der Waals surface area contributed by atoms with Crippen LogP contribution in [0.25, 0.3) is 6.08 Å². The van der Waals surface area contributed by atoms with Gasteiger partial charge in [0.1, 0.15) is 5.82 Å². The van der Waals surface area contributed by atoms with E-state index in [1.54, 1.807) is 44.2 Å². The average Bonchev–Trinajstić information content (AvgIpc) is 3.15. The second-order valence-electron chi connectivity index (χ2n) is 7.93. The summed E-state index contributed by atoms with van der Waals surface area (Å²) >= 11 is 1.21. The van der Waals surface area contributed by atoms with Crippen molar-refractivity contribution in [3.05, 3.63) is 90.4 Å². The Hall–Kier alpha value is -3.72. The molecule has 1 aromatic heterocycles. The number of hydrogen-bond donors (Lipinski definition) is 0. The quantitative estimate of drug-likeness (QED) is 0.432. The largest absolute Gasteiger partial charge is 0.490 e. The molecule has 0 aliphatic carbocycles. The van der Waals surface area contributed by atoms with Crippen LogP contribution in [0.5, 0.6) is 11.5 Å². The highest BCUT2D eigenvalue weighted by Crippen LogP contribution is 2.36. The third-order valence-electron chi connectivity index (χ3n) is 5.57. The minimum Gasteiger partial charge on any atom is -0.490 e. The molecular weight excluding hydrogens is 483 g/mol. The van der Waals surface area contributed by atoms with E-state index < -0.39 is 12.0 Å². The van der Waals surface area contributed by atoms with E-state index in [2.05, 4.69) is 4.99 Å². The molecule has 36 heavy (non-hydrogen) atoms. The number of rotatable bonds is 8. The average molecular weight is 511 g/mol. The van der Waals surface area contributed by atoms with E-state index in [1.165, 1.54) is 28.0 Å². The van der Waals surface area contributed by atoms with Gasteiger partial charge < -0.3 is 14.2 Å². The van der Waals surface area contributed by atoms with Gasteiger partial charge in [-0.15, -0.1) is 0 Å². The molecule has 1 aliphatic rings. The van der Waals surface area contributed by atoms with Crippen molar-refractivity contribution in [1.29, 1.82) is 0 Å². The molecule has 1 aliphatic heterocycles. The van der Waals surface area contributed by atoms with Crippen LogP contribution in [-0.2, 0) is 9.53 Å². The van der Waals surface area contributed by atoms with Crippen LogP contribution in [0.15, 0.2) is 63.5 Å². The molecule has 0 saturated heterocycles. The monoisotopic (exact) mass is 510 g/mol. The molecule has 7 nitrogen and oxygen atoms in total. The molecule has 0 fully saturated rings. The maximum atomic E-state index is 13.7. The summed E-state index contributed by atoms with van der Waals surface area (Å²) < 4.78 is 32.1. The Morgan fingerprint density at radius 2 is 1.75 bits per heavy atom. The smallest absolute Gasteiger partial charge is 0.338 e. The predicted octanol–water partition coefficient (Wildman–Crippen LogP) is 3.73. The van der Waals surface area contributed by atoms with Crippen LogP contribution in [0.1, 0.15) is 44.9 Å². The highest BCUT2D eigenvalue weighted by Gasteiger charge is 2.34. The second kappa shape index (κ2) is 10.9. The summed E-state index contributed by atoms with van der Waals surface area (Å²) in [5, 5.41) is 0. The highest BCUT2D eigenvalue weighted by molar-refractivity contribution is 7.07. The van der Waals surface area contributed by atoms with Gasteiger partial charge in [-0.2, -0.15) is 0 Å². The Labute approximate surface area is 211 Å². The number of halogens is 1. The zero-order valence-electron chi connectivity index (χ0n) is 20.5. The molecule has 0 saturated carbocycles. The van der Waals surface area contributed by atoms with E-state index in [9.17, 15) is 14.0 Å². The van der Waals surface area contributed by atoms with Crippen molar-refractivity contribution in [2.75, 3.05) is 19.8 Å². The number of fused-ring (bicyclic) bond motifs is 1. The molecule has 4 rings (SSSR count). The number of carbonyl (C=O) groups is 1. The molecule has 9 heteroatoms. The van der Waals surface area contributed by atoms with Gasteiger partial charge in [-0.25, -0.2) is 14.2 Å². The molecule has 0 spiro atoms. The van der Waals surface area contributed by atoms with E-state index in [1.807, 2.05) is 19.9 Å². The first-order valence-electron chi connectivity index (χ1n) is 11.7. The van der Waals surface area contributed by atoms with Gasteiger partial charge in [-0.1, -0.05) is 29.5 Å². The molecule has 1 atom stereocenters. The number of hydrogen-bond acceptors (Lipinski definition) is 7. The number of benzene rings is 2. The van der Waals surface area contributed by atoms with Crippen LogP contribution >= 0.6 is 11.3 Å². The summed E-state index contributed by atoms with van der Waals surface area (Å²) in [7, 11) is 0. The van der Waals surface area contributed by atoms with Gasteiger partial charge in [0, 0.05) is 0 Å². The van der Waals surface area contributed by atoms with Crippen molar-refractivity contribution in [1.82, 2.24) is 4.57 Å². The van der Waals surface area contributed by atoms with Crippen molar-refractivity contribution in [3.8, 4) is 11.5 Å². The van der Waals surface area contributed by atoms with Gasteiger partial charge in [0.25, 0.3) is 5.56 Å². The Kier molecular flexibility index (Phi) is 7.69. The fourth-order valence-electron chi connectivity index (χ4n) is 4.06. The number of carbonyl (C=O) groups excluding carboxylic acids is 1. The predicted molar refractivity (Wildman–Crippen MR) is 136 cm³/mol. The van der Waals surface area contributed by atoms with E-state index in [0.717, 1.165) is 0 Å². The lowest BCUT2D eigenvalue weighted by atomic mass is 9.95. The zero-order valence-corrected chi connectivity index (χ0v) is 21.4. The zero-order chi connectivity index (χ0) is 25.8. The Bertz CT molecular complexity index is 1490. The van der Waals surface area contributed by atoms with Crippen molar-refractivity contribution < 1.29 is 23.4 Å². The maximum Gasteiger partial charge on any atom is 0.338 e. The molecule has 0 amide bonds. The highest BCUT2D eigenvalue weighted by atomic mass is 32.1. The Morgan fingerprint density at radius 1 is 1.06 bits per heavy atom. The van der Waals surface area contributed by atoms with Crippen LogP contribution in [0, 0.1) is 5.82 Å². The normalized spacial score (nSPS) is 15.4. The van der Waals surface area contributed by atoms with Crippen molar-refractivity contribution in [2.45, 2.75) is 33.7 Å². The summed E-state index contributed by atoms with van der Waals surface area (Å²) in [4.78, 5) is 31.8. The topological polar surface area (TPSA) is 79.1 Å². The molecule has 0 N–H and O–H groups in total.